The van der Waals surface area contributed by atoms with Crippen molar-refractivity contribution in [1.82, 2.24) is 0 Å². The number of ether oxygens (including phenoxy) is 2. The Balaban J connectivity index is 1.59. The average molecular weight is 307 g/mol. The van der Waals surface area contributed by atoms with Gasteiger partial charge in [0.2, 0.25) is 0 Å². The maximum Gasteiger partial charge on any atom is 0.509 e. The van der Waals surface area contributed by atoms with Gasteiger partial charge in [0.25, 0.3) is 0 Å². The predicted octanol–water partition coefficient (Wildman–Crippen LogP) is 3.30. The van der Waals surface area contributed by atoms with Crippen LogP contribution in [0.5, 0.6) is 11.5 Å². The fraction of sp³-hybridized carbons (Fsp3) is 0.250. The second-order valence-electron chi connectivity index (χ2n) is 5.29. The highest BCUT2D eigenvalue weighted by molar-refractivity contribution is 6.73. The van der Waals surface area contributed by atoms with E-state index in [9.17, 15) is 12.9 Å². The second kappa shape index (κ2) is 5.95. The van der Waals surface area contributed by atoms with Crippen LogP contribution in [0.15, 0.2) is 42.5 Å². The van der Waals surface area contributed by atoms with Gasteiger partial charge in [0.1, 0.15) is 11.5 Å². The fourth-order valence-electron chi connectivity index (χ4n) is 2.49. The van der Waals surface area contributed by atoms with Gasteiger partial charge in [0.15, 0.2) is 0 Å². The van der Waals surface area contributed by atoms with Crippen LogP contribution in [0.1, 0.15) is 11.1 Å². The van der Waals surface area contributed by atoms with E-state index in [0.717, 1.165) is 29.9 Å². The largest absolute Gasteiger partial charge is 0.509 e. The van der Waals surface area contributed by atoms with Crippen molar-refractivity contribution in [3.63, 3.8) is 0 Å². The first-order valence-corrected chi connectivity index (χ1v) is 7.20. The molecule has 1 aliphatic heterocycles. The van der Waals surface area contributed by atoms with Gasteiger partial charge in [-0.25, -0.2) is 0 Å². The van der Waals surface area contributed by atoms with E-state index in [4.69, 9.17) is 9.47 Å². The first-order chi connectivity index (χ1) is 10.5. The smallest absolute Gasteiger partial charge is 0.493 e. The summed E-state index contributed by atoms with van der Waals surface area (Å²) in [7, 11) is 0. The van der Waals surface area contributed by atoms with Gasteiger partial charge < -0.3 is 22.4 Å². The summed E-state index contributed by atoms with van der Waals surface area (Å²) in [6.45, 7) is -3.94. The summed E-state index contributed by atoms with van der Waals surface area (Å²) in [6.07, 6.45) is 1.55. The van der Waals surface area contributed by atoms with E-state index in [0.29, 0.717) is 19.6 Å². The third-order valence-corrected chi connectivity index (χ3v) is 3.65. The quantitative estimate of drug-likeness (QED) is 0.789. The fourth-order valence-corrected chi connectivity index (χ4v) is 2.49. The lowest BCUT2D eigenvalue weighted by atomic mass is 9.80. The zero-order valence-corrected chi connectivity index (χ0v) is 11.9. The molecule has 0 radical (unpaired) electrons. The van der Waals surface area contributed by atoms with E-state index < -0.39 is 12.4 Å². The van der Waals surface area contributed by atoms with Crippen LogP contribution < -0.4 is 14.9 Å². The zero-order valence-electron chi connectivity index (χ0n) is 11.9. The highest BCUT2D eigenvalue weighted by Crippen LogP contribution is 2.26. The summed E-state index contributed by atoms with van der Waals surface area (Å²) in [5.41, 5.74) is 1.65. The molecule has 0 N–H and O–H groups in total. The van der Waals surface area contributed by atoms with Crippen LogP contribution in [-0.2, 0) is 12.8 Å². The van der Waals surface area contributed by atoms with E-state index in [2.05, 4.69) is 6.07 Å². The molecule has 0 spiro atoms. The van der Waals surface area contributed by atoms with Gasteiger partial charge in [-0.1, -0.05) is 24.3 Å². The Bertz CT molecular complexity index is 671. The van der Waals surface area contributed by atoms with Crippen LogP contribution in [0.25, 0.3) is 0 Å². The molecule has 0 aromatic heterocycles. The number of halogens is 3. The first kappa shape index (κ1) is 14.8. The lowest BCUT2D eigenvalue weighted by Crippen LogP contribution is -2.33. The maximum atomic E-state index is 12.7. The molecule has 0 fully saturated rings. The zero-order chi connectivity index (χ0) is 15.6. The predicted molar refractivity (Wildman–Crippen MR) is 80.0 cm³/mol. The highest BCUT2D eigenvalue weighted by atomic mass is 19.4. The third kappa shape index (κ3) is 3.38. The molecule has 0 saturated carbocycles. The topological polar surface area (TPSA) is 18.5 Å². The summed E-state index contributed by atoms with van der Waals surface area (Å²) in [4.78, 5) is 0. The minimum atomic E-state index is -4.99. The van der Waals surface area contributed by atoms with Crippen molar-refractivity contribution >= 4 is 12.4 Å². The minimum Gasteiger partial charge on any atom is -0.493 e. The Morgan fingerprint density at radius 2 is 1.95 bits per heavy atom. The molecule has 0 aliphatic carbocycles. The lowest BCUT2D eigenvalue weighted by molar-refractivity contribution is 0.322. The molecule has 0 unspecified atom stereocenters. The van der Waals surface area contributed by atoms with Crippen LogP contribution in [0.3, 0.4) is 0 Å². The number of fused-ring (bicyclic) bond motifs is 1. The molecule has 116 valence electrons. The molecule has 0 amide bonds. The van der Waals surface area contributed by atoms with Gasteiger partial charge in [-0.05, 0) is 29.3 Å². The lowest BCUT2D eigenvalue weighted by Gasteiger charge is -2.16. The highest BCUT2D eigenvalue weighted by Gasteiger charge is 2.25. The Labute approximate surface area is 126 Å². The Hall–Kier alpha value is -2.11. The van der Waals surface area contributed by atoms with E-state index >= 15 is 0 Å². The standard InChI is InChI=1S/C16H15BF3O2/c18-17(19,20)14-2-1-3-15(11-14)21-8-6-12-4-5-16-13(10-12)7-9-22-16/h1-5,10-11H,6-9H2/q-1. The van der Waals surface area contributed by atoms with E-state index in [1.807, 2.05) is 12.1 Å². The van der Waals surface area contributed by atoms with Crippen molar-refractivity contribution in [2.75, 3.05) is 13.2 Å². The van der Waals surface area contributed by atoms with Gasteiger partial charge in [-0.15, -0.1) is 5.46 Å². The molecular formula is C16H15BF3O2-. The summed E-state index contributed by atoms with van der Waals surface area (Å²) in [5, 5.41) is 0. The average Bonchev–Trinajstić information content (AvgIpc) is 2.94. The molecule has 6 heteroatoms. The summed E-state index contributed by atoms with van der Waals surface area (Å²) in [6, 6.07) is 11.0. The number of hydrogen-bond acceptors (Lipinski definition) is 2. The van der Waals surface area contributed by atoms with Gasteiger partial charge >= 0.3 is 6.98 Å². The summed E-state index contributed by atoms with van der Waals surface area (Å²) < 4.78 is 48.9. The summed E-state index contributed by atoms with van der Waals surface area (Å²) in [5.74, 6) is 1.17. The van der Waals surface area contributed by atoms with Crippen LogP contribution in [0.4, 0.5) is 12.9 Å². The number of rotatable bonds is 5. The molecule has 2 aromatic rings. The van der Waals surface area contributed by atoms with Crippen LogP contribution in [0.2, 0.25) is 0 Å². The molecule has 0 atom stereocenters. The normalized spacial score (nSPS) is 13.6. The van der Waals surface area contributed by atoms with Crippen molar-refractivity contribution in [3.05, 3.63) is 53.6 Å². The Morgan fingerprint density at radius 1 is 1.09 bits per heavy atom. The van der Waals surface area contributed by atoms with E-state index in [1.54, 1.807) is 6.07 Å². The molecule has 1 heterocycles. The van der Waals surface area contributed by atoms with Crippen molar-refractivity contribution in [2.45, 2.75) is 12.8 Å². The van der Waals surface area contributed by atoms with Gasteiger partial charge in [0, 0.05) is 12.8 Å². The molecule has 2 aromatic carbocycles. The molecule has 0 saturated heterocycles. The van der Waals surface area contributed by atoms with Crippen LogP contribution in [0, 0.1) is 0 Å². The Morgan fingerprint density at radius 3 is 2.77 bits per heavy atom. The SMILES string of the molecule is F[B-](F)(F)c1cccc(OCCc2ccc3c(c2)CCO3)c1. The molecule has 22 heavy (non-hydrogen) atoms. The molecule has 3 rings (SSSR count). The molecule has 2 nitrogen and oxygen atoms in total. The van der Waals surface area contributed by atoms with Gasteiger partial charge in [-0.3, -0.25) is 0 Å². The Kier molecular flexibility index (Phi) is 4.01. The van der Waals surface area contributed by atoms with E-state index in [-0.39, 0.29) is 5.75 Å². The van der Waals surface area contributed by atoms with Crippen molar-refractivity contribution in [3.8, 4) is 11.5 Å². The van der Waals surface area contributed by atoms with Crippen molar-refractivity contribution < 1.29 is 22.4 Å². The molecule has 0 bridgehead atoms. The monoisotopic (exact) mass is 307 g/mol. The third-order valence-electron chi connectivity index (χ3n) is 3.65. The van der Waals surface area contributed by atoms with E-state index in [1.165, 1.54) is 11.6 Å². The van der Waals surface area contributed by atoms with Crippen LogP contribution in [-0.4, -0.2) is 20.2 Å². The maximum absolute atomic E-state index is 12.7. The second-order valence-corrected chi connectivity index (χ2v) is 5.29. The van der Waals surface area contributed by atoms with Gasteiger partial charge in [-0.2, -0.15) is 0 Å². The number of hydrogen-bond donors (Lipinski definition) is 0. The number of benzene rings is 2. The minimum absolute atomic E-state index is 0.251. The molecular weight excluding hydrogens is 292 g/mol. The molecule has 1 aliphatic rings. The van der Waals surface area contributed by atoms with Crippen molar-refractivity contribution in [2.24, 2.45) is 0 Å². The van der Waals surface area contributed by atoms with Crippen molar-refractivity contribution in [1.29, 1.82) is 0 Å². The summed E-state index contributed by atoms with van der Waals surface area (Å²) >= 11 is 0. The first-order valence-electron chi connectivity index (χ1n) is 7.20. The van der Waals surface area contributed by atoms with Gasteiger partial charge in [0.05, 0.1) is 13.2 Å². The van der Waals surface area contributed by atoms with Crippen LogP contribution >= 0.6 is 0 Å².